The van der Waals surface area contributed by atoms with Crippen LogP contribution in [0.2, 0.25) is 0 Å². The Morgan fingerprint density at radius 3 is 2.53 bits per heavy atom. The minimum absolute atomic E-state index is 0.497. The van der Waals surface area contributed by atoms with Crippen LogP contribution in [0.4, 0.5) is 18.9 Å². The maximum Gasteiger partial charge on any atom is 0.423 e. The number of aromatic nitrogens is 1. The SMILES string of the molecule is O=[N+]([O-])c1c(C(F)(F)F)ccnc1CO. The van der Waals surface area contributed by atoms with Crippen LogP contribution in [0.1, 0.15) is 11.3 Å². The quantitative estimate of drug-likeness (QED) is 0.607. The van der Waals surface area contributed by atoms with Crippen LogP contribution in [0.25, 0.3) is 0 Å². The van der Waals surface area contributed by atoms with Gasteiger partial charge in [-0.2, -0.15) is 13.2 Å². The van der Waals surface area contributed by atoms with Crippen LogP contribution in [0.15, 0.2) is 12.3 Å². The smallest absolute Gasteiger partial charge is 0.390 e. The fraction of sp³-hybridized carbons (Fsp3) is 0.286. The van der Waals surface area contributed by atoms with Gasteiger partial charge in [-0.25, -0.2) is 0 Å². The summed E-state index contributed by atoms with van der Waals surface area (Å²) in [4.78, 5) is 12.5. The third kappa shape index (κ3) is 2.21. The minimum Gasteiger partial charge on any atom is -0.390 e. The Bertz CT molecular complexity index is 392. The van der Waals surface area contributed by atoms with E-state index in [9.17, 15) is 23.3 Å². The highest BCUT2D eigenvalue weighted by Gasteiger charge is 2.39. The first kappa shape index (κ1) is 11.4. The summed E-state index contributed by atoms with van der Waals surface area (Å²) in [7, 11) is 0. The molecule has 0 fully saturated rings. The molecule has 82 valence electrons. The first-order chi connectivity index (χ1) is 6.88. The topological polar surface area (TPSA) is 76.3 Å². The molecule has 1 aromatic heterocycles. The summed E-state index contributed by atoms with van der Waals surface area (Å²) < 4.78 is 36.9. The van der Waals surface area contributed by atoms with Crippen molar-refractivity contribution in [1.29, 1.82) is 0 Å². The Labute approximate surface area is 81.3 Å². The van der Waals surface area contributed by atoms with Crippen molar-refractivity contribution in [3.05, 3.63) is 33.6 Å². The predicted octanol–water partition coefficient (Wildman–Crippen LogP) is 1.50. The molecule has 0 aliphatic rings. The normalized spacial score (nSPS) is 11.5. The molecule has 0 spiro atoms. The highest BCUT2D eigenvalue weighted by atomic mass is 19.4. The van der Waals surface area contributed by atoms with Crippen LogP contribution in [0, 0.1) is 10.1 Å². The van der Waals surface area contributed by atoms with Gasteiger partial charge in [-0.05, 0) is 6.07 Å². The molecule has 15 heavy (non-hydrogen) atoms. The second kappa shape index (κ2) is 3.81. The number of hydrogen-bond acceptors (Lipinski definition) is 4. The largest absolute Gasteiger partial charge is 0.423 e. The lowest BCUT2D eigenvalue weighted by Gasteiger charge is -2.08. The van der Waals surface area contributed by atoms with Crippen molar-refractivity contribution in [2.75, 3.05) is 0 Å². The van der Waals surface area contributed by atoms with Crippen LogP contribution in [0.5, 0.6) is 0 Å². The summed E-state index contributed by atoms with van der Waals surface area (Å²) in [5, 5.41) is 19.0. The average molecular weight is 222 g/mol. The van der Waals surface area contributed by atoms with E-state index < -0.39 is 34.7 Å². The lowest BCUT2D eigenvalue weighted by atomic mass is 10.1. The van der Waals surface area contributed by atoms with Gasteiger partial charge in [0.1, 0.15) is 11.3 Å². The van der Waals surface area contributed by atoms with Gasteiger partial charge in [0, 0.05) is 6.20 Å². The Hall–Kier alpha value is -1.70. The van der Waals surface area contributed by atoms with Gasteiger partial charge in [-0.15, -0.1) is 0 Å². The van der Waals surface area contributed by atoms with Gasteiger partial charge >= 0.3 is 11.9 Å². The molecule has 1 heterocycles. The number of aliphatic hydroxyl groups is 1. The highest BCUT2D eigenvalue weighted by Crippen LogP contribution is 2.36. The fourth-order valence-electron chi connectivity index (χ4n) is 1.05. The van der Waals surface area contributed by atoms with Crippen molar-refractivity contribution in [3.8, 4) is 0 Å². The van der Waals surface area contributed by atoms with E-state index in [0.717, 1.165) is 6.20 Å². The average Bonchev–Trinajstić information content (AvgIpc) is 2.15. The number of nitro groups is 1. The molecule has 0 bridgehead atoms. The molecule has 0 radical (unpaired) electrons. The van der Waals surface area contributed by atoms with Crippen LogP contribution >= 0.6 is 0 Å². The Balaban J connectivity index is 3.46. The van der Waals surface area contributed by atoms with Crippen LogP contribution in [-0.2, 0) is 12.8 Å². The van der Waals surface area contributed by atoms with E-state index in [4.69, 9.17) is 5.11 Å². The van der Waals surface area contributed by atoms with Gasteiger partial charge in [0.25, 0.3) is 0 Å². The summed E-state index contributed by atoms with van der Waals surface area (Å²) in [6.07, 6.45) is -4.07. The molecule has 1 N–H and O–H groups in total. The summed E-state index contributed by atoms with van der Waals surface area (Å²) >= 11 is 0. The molecule has 1 aromatic rings. The van der Waals surface area contributed by atoms with Crippen molar-refractivity contribution in [2.45, 2.75) is 12.8 Å². The number of nitrogens with zero attached hydrogens (tertiary/aromatic N) is 2. The van der Waals surface area contributed by atoms with Gasteiger partial charge in [-0.1, -0.05) is 0 Å². The van der Waals surface area contributed by atoms with E-state index in [1.807, 2.05) is 0 Å². The molecule has 0 unspecified atom stereocenters. The maximum absolute atomic E-state index is 12.3. The Morgan fingerprint density at radius 1 is 1.53 bits per heavy atom. The van der Waals surface area contributed by atoms with Gasteiger partial charge in [-0.3, -0.25) is 15.1 Å². The van der Waals surface area contributed by atoms with E-state index in [1.165, 1.54) is 0 Å². The third-order valence-electron chi connectivity index (χ3n) is 1.64. The number of aliphatic hydroxyl groups excluding tert-OH is 1. The first-order valence-electron chi connectivity index (χ1n) is 3.68. The monoisotopic (exact) mass is 222 g/mol. The molecular formula is C7H5F3N2O3. The summed E-state index contributed by atoms with van der Waals surface area (Å²) in [5.41, 5.74) is -3.21. The van der Waals surface area contributed by atoms with Crippen LogP contribution in [-0.4, -0.2) is 15.0 Å². The molecule has 1 rings (SSSR count). The van der Waals surface area contributed by atoms with Crippen molar-refractivity contribution in [3.63, 3.8) is 0 Å². The van der Waals surface area contributed by atoms with E-state index in [-0.39, 0.29) is 0 Å². The zero-order chi connectivity index (χ0) is 11.6. The lowest BCUT2D eigenvalue weighted by molar-refractivity contribution is -0.389. The number of pyridine rings is 1. The van der Waals surface area contributed by atoms with E-state index in [1.54, 1.807) is 0 Å². The molecule has 0 aliphatic carbocycles. The van der Waals surface area contributed by atoms with E-state index >= 15 is 0 Å². The molecule has 8 heteroatoms. The zero-order valence-corrected chi connectivity index (χ0v) is 7.15. The molecule has 0 aromatic carbocycles. The van der Waals surface area contributed by atoms with Crippen molar-refractivity contribution in [2.24, 2.45) is 0 Å². The minimum atomic E-state index is -4.84. The molecule has 0 aliphatic heterocycles. The van der Waals surface area contributed by atoms with Gasteiger partial charge in [0.15, 0.2) is 0 Å². The van der Waals surface area contributed by atoms with Crippen LogP contribution < -0.4 is 0 Å². The first-order valence-corrected chi connectivity index (χ1v) is 3.68. The lowest BCUT2D eigenvalue weighted by Crippen LogP contribution is -2.11. The molecular weight excluding hydrogens is 217 g/mol. The van der Waals surface area contributed by atoms with E-state index in [0.29, 0.717) is 6.07 Å². The van der Waals surface area contributed by atoms with Gasteiger partial charge < -0.3 is 5.11 Å². The molecule has 0 saturated heterocycles. The number of halogens is 3. The Morgan fingerprint density at radius 2 is 2.13 bits per heavy atom. The zero-order valence-electron chi connectivity index (χ0n) is 7.15. The van der Waals surface area contributed by atoms with E-state index in [2.05, 4.69) is 4.98 Å². The second-order valence-electron chi connectivity index (χ2n) is 2.57. The molecule has 0 amide bonds. The van der Waals surface area contributed by atoms with Crippen LogP contribution in [0.3, 0.4) is 0 Å². The number of alkyl halides is 3. The summed E-state index contributed by atoms with van der Waals surface area (Å²) in [5.74, 6) is 0. The molecule has 5 nitrogen and oxygen atoms in total. The summed E-state index contributed by atoms with van der Waals surface area (Å²) in [6, 6.07) is 0.497. The fourth-order valence-corrected chi connectivity index (χ4v) is 1.05. The van der Waals surface area contributed by atoms with Gasteiger partial charge in [0.05, 0.1) is 11.5 Å². The molecule has 0 atom stereocenters. The third-order valence-corrected chi connectivity index (χ3v) is 1.64. The Kier molecular flexibility index (Phi) is 2.89. The predicted molar refractivity (Wildman–Crippen MR) is 41.8 cm³/mol. The van der Waals surface area contributed by atoms with Crippen molar-refractivity contribution < 1.29 is 23.2 Å². The molecule has 0 saturated carbocycles. The standard InChI is InChI=1S/C7H5F3N2O3/c8-7(9,10)4-1-2-11-5(3-13)6(4)12(14)15/h1-2,13H,3H2. The number of rotatable bonds is 2. The highest BCUT2D eigenvalue weighted by molar-refractivity contribution is 5.45. The second-order valence-corrected chi connectivity index (χ2v) is 2.57. The van der Waals surface area contributed by atoms with Crippen molar-refractivity contribution in [1.82, 2.24) is 4.98 Å². The van der Waals surface area contributed by atoms with Crippen molar-refractivity contribution >= 4 is 5.69 Å². The summed E-state index contributed by atoms with van der Waals surface area (Å²) in [6.45, 7) is -0.916. The number of hydrogen-bond donors (Lipinski definition) is 1. The maximum atomic E-state index is 12.3. The van der Waals surface area contributed by atoms with Gasteiger partial charge in [0.2, 0.25) is 0 Å².